The van der Waals surface area contributed by atoms with Gasteiger partial charge >= 0.3 is 0 Å². The molecule has 1 aliphatic carbocycles. The van der Waals surface area contributed by atoms with Crippen molar-refractivity contribution < 1.29 is 4.74 Å². The molecule has 3 aromatic rings. The van der Waals surface area contributed by atoms with E-state index >= 15 is 0 Å². The van der Waals surface area contributed by atoms with Crippen molar-refractivity contribution in [3.63, 3.8) is 0 Å². The maximum atomic E-state index is 5.28. The zero-order chi connectivity index (χ0) is 18.6. The van der Waals surface area contributed by atoms with E-state index in [1.54, 1.807) is 7.11 Å². The van der Waals surface area contributed by atoms with Crippen molar-refractivity contribution >= 4 is 16.7 Å². The smallest absolute Gasteiger partial charge is 0.162 e. The van der Waals surface area contributed by atoms with Crippen LogP contribution in [0.25, 0.3) is 22.3 Å². The molecule has 0 radical (unpaired) electrons. The van der Waals surface area contributed by atoms with Gasteiger partial charge in [0.25, 0.3) is 0 Å². The van der Waals surface area contributed by atoms with E-state index in [9.17, 15) is 0 Å². The van der Waals surface area contributed by atoms with Gasteiger partial charge in [0.05, 0.1) is 12.6 Å². The Kier molecular flexibility index (Phi) is 5.23. The number of rotatable bonds is 5. The highest BCUT2D eigenvalue weighted by Crippen LogP contribution is 2.32. The fourth-order valence-corrected chi connectivity index (χ4v) is 4.12. The molecule has 140 valence electrons. The summed E-state index contributed by atoms with van der Waals surface area (Å²) < 4.78 is 5.28. The van der Waals surface area contributed by atoms with Crippen LogP contribution >= 0.6 is 0 Å². The fraction of sp³-hybridized carbons (Fsp3) is 0.391. The Labute approximate surface area is 161 Å². The van der Waals surface area contributed by atoms with E-state index in [0.717, 1.165) is 40.4 Å². The minimum atomic E-state index is 0.575. The van der Waals surface area contributed by atoms with E-state index in [0.29, 0.717) is 6.04 Å². The van der Waals surface area contributed by atoms with Crippen molar-refractivity contribution in [3.05, 3.63) is 48.5 Å². The summed E-state index contributed by atoms with van der Waals surface area (Å²) in [6.45, 7) is 3.20. The van der Waals surface area contributed by atoms with Gasteiger partial charge in [-0.05, 0) is 56.2 Å². The first-order chi connectivity index (χ1) is 13.3. The van der Waals surface area contributed by atoms with Gasteiger partial charge in [-0.2, -0.15) is 0 Å². The van der Waals surface area contributed by atoms with E-state index in [4.69, 9.17) is 14.7 Å². The summed E-state index contributed by atoms with van der Waals surface area (Å²) in [5, 5.41) is 1.14. The summed E-state index contributed by atoms with van der Waals surface area (Å²) in [4.78, 5) is 12.4. The number of aromatic nitrogens is 2. The van der Waals surface area contributed by atoms with E-state index in [1.807, 2.05) is 30.3 Å². The first-order valence-corrected chi connectivity index (χ1v) is 9.98. The molecule has 4 nitrogen and oxygen atoms in total. The van der Waals surface area contributed by atoms with Crippen LogP contribution in [0, 0.1) is 0 Å². The molecule has 0 amide bonds. The average Bonchev–Trinajstić information content (AvgIpc) is 2.75. The molecule has 0 unspecified atom stereocenters. The number of benzene rings is 2. The van der Waals surface area contributed by atoms with Gasteiger partial charge in [-0.15, -0.1) is 0 Å². The van der Waals surface area contributed by atoms with Gasteiger partial charge < -0.3 is 9.64 Å². The summed E-state index contributed by atoms with van der Waals surface area (Å²) in [7, 11) is 1.68. The number of hydrogen-bond acceptors (Lipinski definition) is 4. The SMILES string of the molecule is CCN(c1nc(-c2ccc(OC)cc2)nc2ccccc12)C1CCCCC1. The second-order valence-corrected chi connectivity index (χ2v) is 7.19. The van der Waals surface area contributed by atoms with Crippen molar-refractivity contribution in [2.45, 2.75) is 45.1 Å². The van der Waals surface area contributed by atoms with E-state index in [2.05, 4.69) is 30.0 Å². The number of hydrogen-bond donors (Lipinski definition) is 0. The maximum absolute atomic E-state index is 5.28. The molecule has 0 spiro atoms. The zero-order valence-corrected chi connectivity index (χ0v) is 16.2. The first kappa shape index (κ1) is 17.8. The highest BCUT2D eigenvalue weighted by Gasteiger charge is 2.23. The number of anilines is 1. The van der Waals surface area contributed by atoms with Crippen LogP contribution in [0.1, 0.15) is 39.0 Å². The molecule has 0 bridgehead atoms. The van der Waals surface area contributed by atoms with E-state index < -0.39 is 0 Å². The van der Waals surface area contributed by atoms with Gasteiger partial charge in [0.15, 0.2) is 5.82 Å². The van der Waals surface area contributed by atoms with Gasteiger partial charge in [-0.1, -0.05) is 31.4 Å². The molecule has 0 saturated heterocycles. The van der Waals surface area contributed by atoms with Gasteiger partial charge in [0, 0.05) is 23.5 Å². The van der Waals surface area contributed by atoms with E-state index in [-0.39, 0.29) is 0 Å². The van der Waals surface area contributed by atoms with Crippen LogP contribution in [0.5, 0.6) is 5.75 Å². The minimum Gasteiger partial charge on any atom is -0.497 e. The molecule has 1 heterocycles. The second-order valence-electron chi connectivity index (χ2n) is 7.19. The van der Waals surface area contributed by atoms with Crippen LogP contribution in [-0.2, 0) is 0 Å². The normalized spacial score (nSPS) is 15.0. The van der Waals surface area contributed by atoms with Crippen LogP contribution in [0.15, 0.2) is 48.5 Å². The Morgan fingerprint density at radius 3 is 2.41 bits per heavy atom. The number of para-hydroxylation sites is 1. The lowest BCUT2D eigenvalue weighted by Crippen LogP contribution is -2.37. The maximum Gasteiger partial charge on any atom is 0.162 e. The second kappa shape index (κ2) is 7.95. The third kappa shape index (κ3) is 3.61. The predicted octanol–water partition coefficient (Wildman–Crippen LogP) is 5.46. The van der Waals surface area contributed by atoms with Crippen molar-refractivity contribution in [1.29, 1.82) is 0 Å². The largest absolute Gasteiger partial charge is 0.497 e. The van der Waals surface area contributed by atoms with Gasteiger partial charge in [0.1, 0.15) is 11.6 Å². The van der Waals surface area contributed by atoms with Gasteiger partial charge in [-0.25, -0.2) is 9.97 Å². The molecule has 1 aromatic heterocycles. The molecular formula is C23H27N3O. The fourth-order valence-electron chi connectivity index (χ4n) is 4.12. The van der Waals surface area contributed by atoms with Gasteiger partial charge in [-0.3, -0.25) is 0 Å². The molecule has 4 heteroatoms. The topological polar surface area (TPSA) is 38.2 Å². The summed E-state index contributed by atoms with van der Waals surface area (Å²) in [6, 6.07) is 16.9. The van der Waals surface area contributed by atoms with Crippen LogP contribution in [-0.4, -0.2) is 29.7 Å². The number of ether oxygens (including phenoxy) is 1. The molecule has 0 atom stereocenters. The summed E-state index contributed by atoms with van der Waals surface area (Å²) in [5.74, 6) is 2.69. The predicted molar refractivity (Wildman–Crippen MR) is 111 cm³/mol. The van der Waals surface area contributed by atoms with Crippen molar-refractivity contribution in [2.24, 2.45) is 0 Å². The monoisotopic (exact) mass is 361 g/mol. The number of fused-ring (bicyclic) bond motifs is 1. The highest BCUT2D eigenvalue weighted by atomic mass is 16.5. The molecule has 0 aliphatic heterocycles. The standard InChI is InChI=1S/C23H27N3O/c1-3-26(18-9-5-4-6-10-18)23-20-11-7-8-12-21(20)24-22(25-23)17-13-15-19(27-2)16-14-17/h7-8,11-16,18H,3-6,9-10H2,1-2H3. The number of methoxy groups -OCH3 is 1. The lowest BCUT2D eigenvalue weighted by molar-refractivity contribution is 0.415. The lowest BCUT2D eigenvalue weighted by Gasteiger charge is -2.35. The Bertz CT molecular complexity index is 901. The Morgan fingerprint density at radius 1 is 0.963 bits per heavy atom. The molecule has 1 fully saturated rings. The number of nitrogens with zero attached hydrogens (tertiary/aromatic N) is 3. The highest BCUT2D eigenvalue weighted by molar-refractivity contribution is 5.91. The van der Waals surface area contributed by atoms with Crippen LogP contribution in [0.2, 0.25) is 0 Å². The summed E-state index contributed by atoms with van der Waals surface area (Å²) in [5.41, 5.74) is 2.02. The molecule has 1 aliphatic rings. The quantitative estimate of drug-likeness (QED) is 0.604. The third-order valence-electron chi connectivity index (χ3n) is 5.56. The molecule has 27 heavy (non-hydrogen) atoms. The van der Waals surface area contributed by atoms with Crippen LogP contribution < -0.4 is 9.64 Å². The molecule has 2 aromatic carbocycles. The molecule has 4 rings (SSSR count). The first-order valence-electron chi connectivity index (χ1n) is 9.98. The Hall–Kier alpha value is -2.62. The minimum absolute atomic E-state index is 0.575. The van der Waals surface area contributed by atoms with Crippen molar-refractivity contribution in [3.8, 4) is 17.1 Å². The van der Waals surface area contributed by atoms with Crippen molar-refractivity contribution in [2.75, 3.05) is 18.6 Å². The summed E-state index contributed by atoms with van der Waals surface area (Å²) in [6.07, 6.45) is 6.49. The van der Waals surface area contributed by atoms with Gasteiger partial charge in [0.2, 0.25) is 0 Å². The Balaban J connectivity index is 1.82. The third-order valence-corrected chi connectivity index (χ3v) is 5.56. The van der Waals surface area contributed by atoms with Crippen LogP contribution in [0.4, 0.5) is 5.82 Å². The lowest BCUT2D eigenvalue weighted by atomic mass is 9.94. The van der Waals surface area contributed by atoms with E-state index in [1.165, 1.54) is 32.1 Å². The van der Waals surface area contributed by atoms with Crippen molar-refractivity contribution in [1.82, 2.24) is 9.97 Å². The molecule has 0 N–H and O–H groups in total. The Morgan fingerprint density at radius 2 is 1.70 bits per heavy atom. The van der Waals surface area contributed by atoms with Crippen LogP contribution in [0.3, 0.4) is 0 Å². The average molecular weight is 361 g/mol. The zero-order valence-electron chi connectivity index (χ0n) is 16.2. The summed E-state index contributed by atoms with van der Waals surface area (Å²) >= 11 is 0. The molecular weight excluding hydrogens is 334 g/mol. The molecule has 1 saturated carbocycles.